The van der Waals surface area contributed by atoms with E-state index < -0.39 is 0 Å². The van der Waals surface area contributed by atoms with Crippen LogP contribution < -0.4 is 5.73 Å². The Morgan fingerprint density at radius 1 is 1.44 bits per heavy atom. The molecule has 0 saturated heterocycles. The number of aromatic nitrogens is 3. The van der Waals surface area contributed by atoms with Crippen molar-refractivity contribution < 1.29 is 4.52 Å². The maximum atomic E-state index is 5.58. The van der Waals surface area contributed by atoms with Gasteiger partial charge in [0.05, 0.1) is 0 Å². The fourth-order valence-electron chi connectivity index (χ4n) is 1.39. The lowest BCUT2D eigenvalue weighted by Gasteiger charge is -1.94. The van der Waals surface area contributed by atoms with Crippen molar-refractivity contribution in [2.75, 3.05) is 5.73 Å². The number of nitrogens with zero attached hydrogens (tertiary/aromatic N) is 3. The topological polar surface area (TPSA) is 77.8 Å². The zero-order chi connectivity index (χ0) is 11.4. The molecule has 2 N–H and O–H groups in total. The predicted molar refractivity (Wildman–Crippen MR) is 60.6 cm³/mol. The van der Waals surface area contributed by atoms with Gasteiger partial charge in [-0.1, -0.05) is 18.5 Å². The van der Waals surface area contributed by atoms with E-state index in [1.165, 1.54) is 0 Å². The van der Waals surface area contributed by atoms with Crippen LogP contribution in [0.5, 0.6) is 0 Å². The highest BCUT2D eigenvalue weighted by molar-refractivity contribution is 5.56. The number of pyridine rings is 1. The summed E-state index contributed by atoms with van der Waals surface area (Å²) in [6, 6.07) is 3.52. The molecular formula is C11H14N4O. The smallest absolute Gasteiger partial charge is 0.258 e. The minimum atomic E-state index is 0.450. The summed E-state index contributed by atoms with van der Waals surface area (Å²) in [4.78, 5) is 8.21. The molecule has 0 spiro atoms. The molecular weight excluding hydrogens is 204 g/mol. The second-order valence-corrected chi connectivity index (χ2v) is 3.59. The molecule has 16 heavy (non-hydrogen) atoms. The number of nitrogen functional groups attached to an aromatic ring is 1. The minimum absolute atomic E-state index is 0.450. The highest BCUT2D eigenvalue weighted by atomic mass is 16.5. The molecule has 0 bridgehead atoms. The number of unbranched alkanes of at least 4 members (excludes halogenated alkanes) is 1. The number of hydrogen-bond acceptors (Lipinski definition) is 5. The van der Waals surface area contributed by atoms with Gasteiger partial charge < -0.3 is 10.3 Å². The summed E-state index contributed by atoms with van der Waals surface area (Å²) < 4.78 is 5.16. The predicted octanol–water partition coefficient (Wildman–Crippen LogP) is 2.06. The van der Waals surface area contributed by atoms with Crippen LogP contribution in [0.4, 0.5) is 5.82 Å². The molecule has 2 aromatic heterocycles. The van der Waals surface area contributed by atoms with Gasteiger partial charge in [0.2, 0.25) is 0 Å². The largest absolute Gasteiger partial charge is 0.384 e. The van der Waals surface area contributed by atoms with Crippen LogP contribution in [0.25, 0.3) is 11.5 Å². The Hall–Kier alpha value is -1.91. The highest BCUT2D eigenvalue weighted by Crippen LogP contribution is 2.18. The summed E-state index contributed by atoms with van der Waals surface area (Å²) >= 11 is 0. The van der Waals surface area contributed by atoms with Crippen LogP contribution in [0.15, 0.2) is 22.9 Å². The van der Waals surface area contributed by atoms with E-state index in [4.69, 9.17) is 10.3 Å². The van der Waals surface area contributed by atoms with Gasteiger partial charge >= 0.3 is 0 Å². The summed E-state index contributed by atoms with van der Waals surface area (Å²) in [5.74, 6) is 1.69. The average Bonchev–Trinajstić information content (AvgIpc) is 2.75. The number of hydrogen-bond donors (Lipinski definition) is 1. The third kappa shape index (κ3) is 2.36. The maximum Gasteiger partial charge on any atom is 0.258 e. The lowest BCUT2D eigenvalue weighted by molar-refractivity contribution is 0.421. The van der Waals surface area contributed by atoms with Gasteiger partial charge in [-0.05, 0) is 18.6 Å². The number of anilines is 1. The second kappa shape index (κ2) is 4.74. The zero-order valence-electron chi connectivity index (χ0n) is 9.18. The first kappa shape index (κ1) is 10.6. The quantitative estimate of drug-likeness (QED) is 0.849. The van der Waals surface area contributed by atoms with Crippen molar-refractivity contribution in [3.8, 4) is 11.5 Å². The Labute approximate surface area is 93.7 Å². The molecule has 0 fully saturated rings. The van der Waals surface area contributed by atoms with Crippen LogP contribution in [-0.2, 0) is 6.42 Å². The summed E-state index contributed by atoms with van der Waals surface area (Å²) in [6.45, 7) is 2.13. The van der Waals surface area contributed by atoms with Crippen molar-refractivity contribution in [1.29, 1.82) is 0 Å². The third-order valence-electron chi connectivity index (χ3n) is 2.25. The molecule has 5 nitrogen and oxygen atoms in total. The monoisotopic (exact) mass is 218 g/mol. The first-order chi connectivity index (χ1) is 7.79. The molecule has 2 heterocycles. The van der Waals surface area contributed by atoms with Crippen molar-refractivity contribution in [3.63, 3.8) is 0 Å². The first-order valence-corrected chi connectivity index (χ1v) is 5.34. The van der Waals surface area contributed by atoms with Gasteiger partial charge in [0.25, 0.3) is 5.89 Å². The molecule has 2 aromatic rings. The van der Waals surface area contributed by atoms with Gasteiger partial charge in [0, 0.05) is 18.2 Å². The van der Waals surface area contributed by atoms with Gasteiger partial charge in [-0.2, -0.15) is 4.98 Å². The van der Waals surface area contributed by atoms with Crippen LogP contribution in [0, 0.1) is 0 Å². The Kier molecular flexibility index (Phi) is 3.14. The third-order valence-corrected chi connectivity index (χ3v) is 2.25. The molecule has 0 amide bonds. The molecule has 0 aliphatic heterocycles. The number of rotatable bonds is 4. The molecule has 0 unspecified atom stereocenters. The van der Waals surface area contributed by atoms with Gasteiger partial charge in [-0.15, -0.1) is 0 Å². The van der Waals surface area contributed by atoms with Crippen molar-refractivity contribution in [1.82, 2.24) is 15.1 Å². The zero-order valence-corrected chi connectivity index (χ0v) is 9.18. The van der Waals surface area contributed by atoms with E-state index in [0.29, 0.717) is 11.7 Å². The molecule has 2 rings (SSSR count). The highest BCUT2D eigenvalue weighted by Gasteiger charge is 2.08. The van der Waals surface area contributed by atoms with E-state index in [0.717, 1.165) is 30.7 Å². The van der Waals surface area contributed by atoms with Gasteiger partial charge in [-0.3, -0.25) is 0 Å². The van der Waals surface area contributed by atoms with E-state index in [2.05, 4.69) is 22.0 Å². The molecule has 84 valence electrons. The Morgan fingerprint density at radius 2 is 2.31 bits per heavy atom. The number of nitrogens with two attached hydrogens (primary N) is 1. The molecule has 0 aromatic carbocycles. The van der Waals surface area contributed by atoms with Gasteiger partial charge in [0.1, 0.15) is 5.82 Å². The van der Waals surface area contributed by atoms with Gasteiger partial charge in [-0.25, -0.2) is 4.98 Å². The molecule has 0 atom stereocenters. The maximum absolute atomic E-state index is 5.58. The van der Waals surface area contributed by atoms with Crippen LogP contribution in [0.3, 0.4) is 0 Å². The van der Waals surface area contributed by atoms with Crippen molar-refractivity contribution in [3.05, 3.63) is 24.2 Å². The molecule has 0 saturated carbocycles. The fourth-order valence-corrected chi connectivity index (χ4v) is 1.39. The fraction of sp³-hybridized carbons (Fsp3) is 0.364. The van der Waals surface area contributed by atoms with Crippen LogP contribution in [0.1, 0.15) is 25.6 Å². The Bertz CT molecular complexity index is 467. The molecule has 0 radical (unpaired) electrons. The summed E-state index contributed by atoms with van der Waals surface area (Å²) in [6.07, 6.45) is 4.66. The minimum Gasteiger partial charge on any atom is -0.384 e. The standard InChI is InChI=1S/C11H14N4O/c1-2-3-4-10-14-11(16-15-10)8-5-6-13-9(12)7-8/h5-7H,2-4H2,1H3,(H2,12,13). The van der Waals surface area contributed by atoms with Crippen LogP contribution >= 0.6 is 0 Å². The van der Waals surface area contributed by atoms with Crippen molar-refractivity contribution >= 4 is 5.82 Å². The van der Waals surface area contributed by atoms with E-state index >= 15 is 0 Å². The summed E-state index contributed by atoms with van der Waals surface area (Å²) in [5.41, 5.74) is 6.39. The van der Waals surface area contributed by atoms with Crippen LogP contribution in [-0.4, -0.2) is 15.1 Å². The lowest BCUT2D eigenvalue weighted by Crippen LogP contribution is -1.90. The number of aryl methyl sites for hydroxylation is 1. The van der Waals surface area contributed by atoms with E-state index in [1.807, 2.05) is 0 Å². The van der Waals surface area contributed by atoms with Crippen LogP contribution in [0.2, 0.25) is 0 Å². The van der Waals surface area contributed by atoms with Crippen molar-refractivity contribution in [2.24, 2.45) is 0 Å². The Balaban J connectivity index is 2.18. The summed E-state index contributed by atoms with van der Waals surface area (Å²) in [7, 11) is 0. The summed E-state index contributed by atoms with van der Waals surface area (Å²) in [5, 5.41) is 3.91. The van der Waals surface area contributed by atoms with E-state index in [-0.39, 0.29) is 0 Å². The second-order valence-electron chi connectivity index (χ2n) is 3.59. The SMILES string of the molecule is CCCCc1noc(-c2ccnc(N)c2)n1. The molecule has 0 aliphatic rings. The van der Waals surface area contributed by atoms with E-state index in [1.54, 1.807) is 18.3 Å². The lowest BCUT2D eigenvalue weighted by atomic mass is 10.2. The van der Waals surface area contributed by atoms with E-state index in [9.17, 15) is 0 Å². The first-order valence-electron chi connectivity index (χ1n) is 5.34. The molecule has 5 heteroatoms. The average molecular weight is 218 g/mol. The van der Waals surface area contributed by atoms with Crippen molar-refractivity contribution in [2.45, 2.75) is 26.2 Å². The van der Waals surface area contributed by atoms with Gasteiger partial charge in [0.15, 0.2) is 5.82 Å². The molecule has 0 aliphatic carbocycles. The normalized spacial score (nSPS) is 10.6. The Morgan fingerprint density at radius 3 is 3.06 bits per heavy atom.